The molecule has 0 bridgehead atoms. The third-order valence-corrected chi connectivity index (χ3v) is 5.35. The zero-order chi connectivity index (χ0) is 15.4. The van der Waals surface area contributed by atoms with E-state index in [-0.39, 0.29) is 0 Å². The smallest absolute Gasteiger partial charge is 0.0953 e. The van der Waals surface area contributed by atoms with Crippen molar-refractivity contribution in [3.05, 3.63) is 46.2 Å². The first-order valence-electron chi connectivity index (χ1n) is 7.99. The molecule has 2 aromatic heterocycles. The zero-order valence-electron chi connectivity index (χ0n) is 13.4. The van der Waals surface area contributed by atoms with E-state index in [9.17, 15) is 0 Å². The molecule has 3 rings (SSSR count). The molecule has 1 aliphatic rings. The number of rotatable bonds is 5. The van der Waals surface area contributed by atoms with Gasteiger partial charge in [0.25, 0.3) is 0 Å². The summed E-state index contributed by atoms with van der Waals surface area (Å²) in [6.07, 6.45) is 5.81. The van der Waals surface area contributed by atoms with Gasteiger partial charge < -0.3 is 0 Å². The standard InChI is InChI=1S/C17H24N4S/c1-14(2)17-19-11-16(22-17)13-21-9-7-20(8-10-21)12-15-3-5-18-6-4-15/h3-6,11,14H,7-10,12-13H2,1-2H3. The van der Waals surface area contributed by atoms with Gasteiger partial charge in [-0.25, -0.2) is 4.98 Å². The van der Waals surface area contributed by atoms with Crippen LogP contribution >= 0.6 is 11.3 Å². The van der Waals surface area contributed by atoms with Crippen LogP contribution in [-0.4, -0.2) is 45.9 Å². The number of nitrogens with zero attached hydrogens (tertiary/aromatic N) is 4. The summed E-state index contributed by atoms with van der Waals surface area (Å²) < 4.78 is 0. The summed E-state index contributed by atoms with van der Waals surface area (Å²) >= 11 is 1.86. The number of pyridine rings is 1. The molecule has 1 fully saturated rings. The van der Waals surface area contributed by atoms with E-state index in [0.29, 0.717) is 5.92 Å². The first-order chi connectivity index (χ1) is 10.7. The topological polar surface area (TPSA) is 32.3 Å². The van der Waals surface area contributed by atoms with Gasteiger partial charge in [0.15, 0.2) is 0 Å². The lowest BCUT2D eigenvalue weighted by Crippen LogP contribution is -2.45. The lowest BCUT2D eigenvalue weighted by atomic mass is 10.2. The Morgan fingerprint density at radius 3 is 2.27 bits per heavy atom. The Labute approximate surface area is 136 Å². The number of hydrogen-bond donors (Lipinski definition) is 0. The van der Waals surface area contributed by atoms with Crippen molar-refractivity contribution in [2.45, 2.75) is 32.9 Å². The molecule has 0 spiro atoms. The van der Waals surface area contributed by atoms with Gasteiger partial charge in [-0.3, -0.25) is 14.8 Å². The molecule has 0 amide bonds. The highest BCUT2D eigenvalue weighted by Gasteiger charge is 2.18. The monoisotopic (exact) mass is 316 g/mol. The second-order valence-electron chi connectivity index (χ2n) is 6.23. The van der Waals surface area contributed by atoms with Crippen molar-refractivity contribution >= 4 is 11.3 Å². The third-order valence-electron chi connectivity index (χ3n) is 4.07. The lowest BCUT2D eigenvalue weighted by Gasteiger charge is -2.34. The molecule has 1 aliphatic heterocycles. The van der Waals surface area contributed by atoms with Crippen LogP contribution in [-0.2, 0) is 13.1 Å². The lowest BCUT2D eigenvalue weighted by molar-refractivity contribution is 0.123. The summed E-state index contributed by atoms with van der Waals surface area (Å²) in [7, 11) is 0. The van der Waals surface area contributed by atoms with Crippen molar-refractivity contribution in [3.63, 3.8) is 0 Å². The van der Waals surface area contributed by atoms with Gasteiger partial charge in [-0.15, -0.1) is 11.3 Å². The fraction of sp³-hybridized carbons (Fsp3) is 0.529. The van der Waals surface area contributed by atoms with Crippen LogP contribution in [0, 0.1) is 0 Å². The molecule has 4 nitrogen and oxygen atoms in total. The summed E-state index contributed by atoms with van der Waals surface area (Å²) in [5.74, 6) is 0.538. The summed E-state index contributed by atoms with van der Waals surface area (Å²) in [6.45, 7) is 11.1. The first kappa shape index (κ1) is 15.6. The second-order valence-corrected chi connectivity index (χ2v) is 7.37. The molecule has 0 aromatic carbocycles. The highest BCUT2D eigenvalue weighted by molar-refractivity contribution is 7.11. The van der Waals surface area contributed by atoms with E-state index >= 15 is 0 Å². The maximum absolute atomic E-state index is 4.53. The zero-order valence-corrected chi connectivity index (χ0v) is 14.2. The van der Waals surface area contributed by atoms with Crippen LogP contribution in [0.4, 0.5) is 0 Å². The van der Waals surface area contributed by atoms with Crippen LogP contribution in [0.3, 0.4) is 0 Å². The Kier molecular flexibility index (Phi) is 5.18. The van der Waals surface area contributed by atoms with Gasteiger partial charge in [-0.05, 0) is 17.7 Å². The minimum atomic E-state index is 0.538. The summed E-state index contributed by atoms with van der Waals surface area (Å²) in [5.41, 5.74) is 1.35. The Bertz CT molecular complexity index is 573. The maximum atomic E-state index is 4.53. The number of thiazole rings is 1. The Morgan fingerprint density at radius 1 is 1.05 bits per heavy atom. The van der Waals surface area contributed by atoms with E-state index in [1.807, 2.05) is 23.7 Å². The van der Waals surface area contributed by atoms with Gasteiger partial charge in [0.05, 0.1) is 5.01 Å². The third kappa shape index (κ3) is 4.12. The van der Waals surface area contributed by atoms with Gasteiger partial charge in [0, 0.05) is 68.7 Å². The molecule has 0 radical (unpaired) electrons. The molecule has 0 unspecified atom stereocenters. The number of aromatic nitrogens is 2. The minimum Gasteiger partial charge on any atom is -0.297 e. The molecule has 0 N–H and O–H groups in total. The maximum Gasteiger partial charge on any atom is 0.0953 e. The Hall–Kier alpha value is -1.30. The van der Waals surface area contributed by atoms with Gasteiger partial charge in [0.1, 0.15) is 0 Å². The van der Waals surface area contributed by atoms with Crippen molar-refractivity contribution in [1.29, 1.82) is 0 Å². The molecule has 0 saturated carbocycles. The van der Waals surface area contributed by atoms with Crippen molar-refractivity contribution in [3.8, 4) is 0 Å². The number of piperazine rings is 1. The Morgan fingerprint density at radius 2 is 1.68 bits per heavy atom. The average Bonchev–Trinajstić information content (AvgIpc) is 2.99. The van der Waals surface area contributed by atoms with Crippen LogP contribution in [0.25, 0.3) is 0 Å². The summed E-state index contributed by atoms with van der Waals surface area (Å²) in [5, 5.41) is 1.26. The van der Waals surface area contributed by atoms with Gasteiger partial charge in [-0.1, -0.05) is 13.8 Å². The van der Waals surface area contributed by atoms with E-state index in [4.69, 9.17) is 0 Å². The molecule has 118 valence electrons. The molecular formula is C17H24N4S. The summed E-state index contributed by atoms with van der Waals surface area (Å²) in [4.78, 5) is 15.1. The van der Waals surface area contributed by atoms with E-state index in [1.165, 1.54) is 15.4 Å². The average molecular weight is 316 g/mol. The van der Waals surface area contributed by atoms with E-state index in [1.54, 1.807) is 0 Å². The molecule has 0 atom stereocenters. The minimum absolute atomic E-state index is 0.538. The fourth-order valence-electron chi connectivity index (χ4n) is 2.73. The largest absolute Gasteiger partial charge is 0.297 e. The molecule has 1 saturated heterocycles. The summed E-state index contributed by atoms with van der Waals surface area (Å²) in [6, 6.07) is 4.22. The highest BCUT2D eigenvalue weighted by atomic mass is 32.1. The van der Waals surface area contributed by atoms with Gasteiger partial charge in [-0.2, -0.15) is 0 Å². The molecule has 0 aliphatic carbocycles. The molecule has 2 aromatic rings. The van der Waals surface area contributed by atoms with Gasteiger partial charge in [0.2, 0.25) is 0 Å². The second kappa shape index (κ2) is 7.31. The quantitative estimate of drug-likeness (QED) is 0.849. The van der Waals surface area contributed by atoms with Crippen molar-refractivity contribution < 1.29 is 0 Å². The van der Waals surface area contributed by atoms with Crippen LogP contribution in [0.2, 0.25) is 0 Å². The normalized spacial score (nSPS) is 17.2. The van der Waals surface area contributed by atoms with Crippen molar-refractivity contribution in [2.75, 3.05) is 26.2 Å². The SMILES string of the molecule is CC(C)c1ncc(CN2CCN(Cc3ccncc3)CC2)s1. The predicted octanol–water partition coefficient (Wildman–Crippen LogP) is 2.98. The molecule has 5 heteroatoms. The van der Waals surface area contributed by atoms with E-state index in [2.05, 4.69) is 51.9 Å². The molecule has 22 heavy (non-hydrogen) atoms. The van der Waals surface area contributed by atoms with Crippen molar-refractivity contribution in [1.82, 2.24) is 19.8 Å². The highest BCUT2D eigenvalue weighted by Crippen LogP contribution is 2.22. The van der Waals surface area contributed by atoms with Crippen LogP contribution in [0.1, 0.15) is 35.2 Å². The van der Waals surface area contributed by atoms with Crippen molar-refractivity contribution in [2.24, 2.45) is 0 Å². The predicted molar refractivity (Wildman–Crippen MR) is 91.0 cm³/mol. The fourth-order valence-corrected chi connectivity index (χ4v) is 3.70. The van der Waals surface area contributed by atoms with E-state index < -0.39 is 0 Å². The van der Waals surface area contributed by atoms with Crippen LogP contribution in [0.5, 0.6) is 0 Å². The molecule has 3 heterocycles. The van der Waals surface area contributed by atoms with Crippen LogP contribution < -0.4 is 0 Å². The van der Waals surface area contributed by atoms with E-state index in [0.717, 1.165) is 39.3 Å². The molecular weight excluding hydrogens is 292 g/mol. The number of hydrogen-bond acceptors (Lipinski definition) is 5. The van der Waals surface area contributed by atoms with Crippen LogP contribution in [0.15, 0.2) is 30.7 Å². The Balaban J connectivity index is 1.47. The van der Waals surface area contributed by atoms with Gasteiger partial charge >= 0.3 is 0 Å². The first-order valence-corrected chi connectivity index (χ1v) is 8.80.